The van der Waals surface area contributed by atoms with Crippen LogP contribution in [-0.2, 0) is 9.53 Å². The summed E-state index contributed by atoms with van der Waals surface area (Å²) in [5.74, 6) is 5.16. The number of nitrogens with one attached hydrogen (secondary N) is 1. The van der Waals surface area contributed by atoms with Gasteiger partial charge >= 0.3 is 0 Å². The maximum absolute atomic E-state index is 12.4. The van der Waals surface area contributed by atoms with Gasteiger partial charge in [0.25, 0.3) is 0 Å². The number of ether oxygens (including phenoxy) is 1. The molecule has 112 valence electrons. The minimum Gasteiger partial charge on any atom is -0.384 e. The Morgan fingerprint density at radius 3 is 3.10 bits per heavy atom. The molecule has 2 unspecified atom stereocenters. The fourth-order valence-electron chi connectivity index (χ4n) is 2.44. The number of aliphatic hydroxyl groups excluding tert-OH is 1. The zero-order valence-corrected chi connectivity index (χ0v) is 12.6. The second-order valence-corrected chi connectivity index (χ2v) is 5.29. The third kappa shape index (κ3) is 3.98. The summed E-state index contributed by atoms with van der Waals surface area (Å²) in [6, 6.07) is 5.09. The highest BCUT2D eigenvalue weighted by molar-refractivity contribution is 6.30. The Morgan fingerprint density at radius 2 is 2.38 bits per heavy atom. The molecular formula is C16H18ClNO3. The molecule has 0 aliphatic carbocycles. The molecule has 1 fully saturated rings. The Balaban J connectivity index is 2.17. The number of aliphatic hydroxyl groups is 1. The summed E-state index contributed by atoms with van der Waals surface area (Å²) in [6.07, 6.45) is 1.52. The maximum Gasteiger partial charge on any atom is 0.230 e. The Hall–Kier alpha value is -1.54. The second-order valence-electron chi connectivity index (χ2n) is 4.85. The number of anilines is 1. The van der Waals surface area contributed by atoms with Crippen molar-refractivity contribution < 1.29 is 14.6 Å². The van der Waals surface area contributed by atoms with Gasteiger partial charge in [0.05, 0.1) is 17.7 Å². The third-order valence-corrected chi connectivity index (χ3v) is 3.73. The summed E-state index contributed by atoms with van der Waals surface area (Å²) in [5.41, 5.74) is 1.20. The highest BCUT2D eigenvalue weighted by Crippen LogP contribution is 2.26. The minimum atomic E-state index is -0.242. The van der Waals surface area contributed by atoms with Crippen molar-refractivity contribution in [2.75, 3.05) is 18.5 Å². The first kappa shape index (κ1) is 15.8. The molecule has 2 rings (SSSR count). The van der Waals surface area contributed by atoms with E-state index in [4.69, 9.17) is 21.4 Å². The average molecular weight is 308 g/mol. The molecule has 0 saturated carbocycles. The SMILES string of the molecule is CCC1OCCC1C(=O)Nc1ccc(Cl)cc1C#CCO. The van der Waals surface area contributed by atoms with Gasteiger partial charge in [-0.3, -0.25) is 4.79 Å². The van der Waals surface area contributed by atoms with E-state index in [2.05, 4.69) is 17.2 Å². The van der Waals surface area contributed by atoms with Gasteiger partial charge in [-0.05, 0) is 31.0 Å². The topological polar surface area (TPSA) is 58.6 Å². The van der Waals surface area contributed by atoms with Gasteiger partial charge in [-0.25, -0.2) is 0 Å². The third-order valence-electron chi connectivity index (χ3n) is 3.49. The molecule has 1 aromatic carbocycles. The van der Waals surface area contributed by atoms with Gasteiger partial charge in [0.1, 0.15) is 6.61 Å². The van der Waals surface area contributed by atoms with Crippen molar-refractivity contribution in [2.24, 2.45) is 5.92 Å². The lowest BCUT2D eigenvalue weighted by atomic mass is 9.98. The molecule has 0 spiro atoms. The predicted molar refractivity (Wildman–Crippen MR) is 82.2 cm³/mol. The van der Waals surface area contributed by atoms with E-state index < -0.39 is 0 Å². The first-order chi connectivity index (χ1) is 10.2. The quantitative estimate of drug-likeness (QED) is 0.843. The fraction of sp³-hybridized carbons (Fsp3) is 0.438. The van der Waals surface area contributed by atoms with Crippen LogP contribution in [0, 0.1) is 17.8 Å². The van der Waals surface area contributed by atoms with Crippen LogP contribution < -0.4 is 5.32 Å². The minimum absolute atomic E-state index is 0.0238. The van der Waals surface area contributed by atoms with Crippen molar-refractivity contribution in [1.82, 2.24) is 0 Å². The number of carbonyl (C=O) groups is 1. The Morgan fingerprint density at radius 1 is 1.57 bits per heavy atom. The van der Waals surface area contributed by atoms with Crippen LogP contribution in [0.25, 0.3) is 0 Å². The Bertz CT molecular complexity index is 577. The van der Waals surface area contributed by atoms with Gasteiger partial charge < -0.3 is 15.2 Å². The van der Waals surface area contributed by atoms with Crippen LogP contribution >= 0.6 is 11.6 Å². The second kappa shape index (κ2) is 7.46. The average Bonchev–Trinajstić information content (AvgIpc) is 2.96. The van der Waals surface area contributed by atoms with Crippen molar-refractivity contribution in [2.45, 2.75) is 25.9 Å². The van der Waals surface area contributed by atoms with Crippen molar-refractivity contribution in [3.8, 4) is 11.8 Å². The summed E-state index contributed by atoms with van der Waals surface area (Å²) in [5, 5.41) is 12.2. The van der Waals surface area contributed by atoms with Gasteiger partial charge in [0.15, 0.2) is 0 Å². The van der Waals surface area contributed by atoms with Gasteiger partial charge in [-0.15, -0.1) is 0 Å². The standard InChI is InChI=1S/C16H18ClNO3/c1-2-15-13(7-9-21-15)16(20)18-14-6-5-12(17)10-11(14)4-3-8-19/h5-6,10,13,15,19H,2,7-9H2,1H3,(H,18,20). The van der Waals surface area contributed by atoms with E-state index in [1.54, 1.807) is 18.2 Å². The molecule has 1 aliphatic heterocycles. The molecule has 21 heavy (non-hydrogen) atoms. The van der Waals surface area contributed by atoms with E-state index in [9.17, 15) is 4.79 Å². The monoisotopic (exact) mass is 307 g/mol. The predicted octanol–water partition coefficient (Wildman–Crippen LogP) is 2.44. The van der Waals surface area contributed by atoms with E-state index in [0.29, 0.717) is 22.9 Å². The van der Waals surface area contributed by atoms with Crippen molar-refractivity contribution in [3.05, 3.63) is 28.8 Å². The molecular weight excluding hydrogens is 290 g/mol. The fourth-order valence-corrected chi connectivity index (χ4v) is 2.61. The van der Waals surface area contributed by atoms with Gasteiger partial charge in [0, 0.05) is 17.2 Å². The number of hydrogen-bond donors (Lipinski definition) is 2. The van der Waals surface area contributed by atoms with Crippen LogP contribution in [-0.4, -0.2) is 30.3 Å². The molecule has 0 radical (unpaired) electrons. The molecule has 1 amide bonds. The molecule has 2 N–H and O–H groups in total. The van der Waals surface area contributed by atoms with E-state index in [0.717, 1.165) is 12.8 Å². The maximum atomic E-state index is 12.4. The number of amides is 1. The lowest BCUT2D eigenvalue weighted by Crippen LogP contribution is -2.29. The molecule has 5 heteroatoms. The lowest BCUT2D eigenvalue weighted by Gasteiger charge is -2.17. The van der Waals surface area contributed by atoms with Crippen LogP contribution in [0.2, 0.25) is 5.02 Å². The summed E-state index contributed by atoms with van der Waals surface area (Å²) >= 11 is 5.94. The molecule has 1 aromatic rings. The van der Waals surface area contributed by atoms with E-state index in [1.807, 2.05) is 6.92 Å². The van der Waals surface area contributed by atoms with Crippen LogP contribution in [0.4, 0.5) is 5.69 Å². The highest BCUT2D eigenvalue weighted by Gasteiger charge is 2.32. The highest BCUT2D eigenvalue weighted by atomic mass is 35.5. The van der Waals surface area contributed by atoms with Crippen LogP contribution in [0.5, 0.6) is 0 Å². The molecule has 0 aromatic heterocycles. The number of rotatable bonds is 3. The lowest BCUT2D eigenvalue weighted by molar-refractivity contribution is -0.121. The van der Waals surface area contributed by atoms with Crippen molar-refractivity contribution in [1.29, 1.82) is 0 Å². The molecule has 4 nitrogen and oxygen atoms in total. The van der Waals surface area contributed by atoms with Gasteiger partial charge in [0.2, 0.25) is 5.91 Å². The Kier molecular flexibility index (Phi) is 5.63. The van der Waals surface area contributed by atoms with E-state index in [1.165, 1.54) is 0 Å². The molecule has 1 aliphatic rings. The summed E-state index contributed by atoms with van der Waals surface area (Å²) < 4.78 is 5.54. The van der Waals surface area contributed by atoms with Crippen LogP contribution in [0.1, 0.15) is 25.3 Å². The summed E-state index contributed by atoms with van der Waals surface area (Å²) in [4.78, 5) is 12.4. The largest absolute Gasteiger partial charge is 0.384 e. The first-order valence-electron chi connectivity index (χ1n) is 6.97. The van der Waals surface area contributed by atoms with Crippen LogP contribution in [0.3, 0.4) is 0 Å². The number of carbonyl (C=O) groups excluding carboxylic acids is 1. The van der Waals surface area contributed by atoms with Crippen molar-refractivity contribution in [3.63, 3.8) is 0 Å². The van der Waals surface area contributed by atoms with Gasteiger partial charge in [-0.2, -0.15) is 0 Å². The molecule has 1 heterocycles. The number of halogens is 1. The Labute approximate surface area is 129 Å². The normalized spacial score (nSPS) is 20.7. The zero-order chi connectivity index (χ0) is 15.2. The number of hydrogen-bond acceptors (Lipinski definition) is 3. The van der Waals surface area contributed by atoms with Crippen molar-refractivity contribution >= 4 is 23.2 Å². The van der Waals surface area contributed by atoms with Gasteiger partial charge in [-0.1, -0.05) is 30.4 Å². The summed E-state index contributed by atoms with van der Waals surface area (Å²) in [6.45, 7) is 2.39. The van der Waals surface area contributed by atoms with Crippen LogP contribution in [0.15, 0.2) is 18.2 Å². The molecule has 2 atom stereocenters. The first-order valence-corrected chi connectivity index (χ1v) is 7.35. The zero-order valence-electron chi connectivity index (χ0n) is 11.9. The smallest absolute Gasteiger partial charge is 0.230 e. The van der Waals surface area contributed by atoms with E-state index >= 15 is 0 Å². The molecule has 0 bridgehead atoms. The molecule has 1 saturated heterocycles. The van der Waals surface area contributed by atoms with E-state index in [-0.39, 0.29) is 24.5 Å². The number of benzene rings is 1. The summed E-state index contributed by atoms with van der Waals surface area (Å²) in [7, 11) is 0.